The average molecular weight is 314 g/mol. The van der Waals surface area contributed by atoms with Gasteiger partial charge in [0.25, 0.3) is 0 Å². The third-order valence-electron chi connectivity index (χ3n) is 3.47. The number of anilines is 1. The van der Waals surface area contributed by atoms with E-state index in [1.54, 1.807) is 30.2 Å². The van der Waals surface area contributed by atoms with Gasteiger partial charge in [-0.2, -0.15) is 0 Å². The minimum atomic E-state index is 0.202. The van der Waals surface area contributed by atoms with Gasteiger partial charge in [-0.1, -0.05) is 30.3 Å². The number of carbonyl (C=O) groups excluding carboxylic acids is 1. The molecule has 0 radical (unpaired) electrons. The van der Waals surface area contributed by atoms with Gasteiger partial charge in [0.2, 0.25) is 11.9 Å². The molecule has 6 heteroatoms. The predicted octanol–water partition coefficient (Wildman–Crippen LogP) is 2.03. The van der Waals surface area contributed by atoms with Crippen molar-refractivity contribution in [2.45, 2.75) is 11.8 Å². The maximum absolute atomic E-state index is 12.1. The van der Waals surface area contributed by atoms with Gasteiger partial charge in [0.15, 0.2) is 0 Å². The van der Waals surface area contributed by atoms with E-state index in [0.29, 0.717) is 11.7 Å². The molecule has 1 saturated heterocycles. The van der Waals surface area contributed by atoms with Crippen molar-refractivity contribution in [1.82, 2.24) is 14.9 Å². The van der Waals surface area contributed by atoms with Crippen LogP contribution in [0.15, 0.2) is 48.8 Å². The van der Waals surface area contributed by atoms with Gasteiger partial charge in [-0.05, 0) is 11.6 Å². The third-order valence-corrected chi connectivity index (χ3v) is 4.46. The number of rotatable bonds is 6. The first-order valence-electron chi connectivity index (χ1n) is 7.24. The van der Waals surface area contributed by atoms with Crippen LogP contribution in [0.5, 0.6) is 0 Å². The van der Waals surface area contributed by atoms with Crippen LogP contribution in [0, 0.1) is 0 Å². The van der Waals surface area contributed by atoms with Crippen LogP contribution in [-0.4, -0.2) is 45.7 Å². The number of carbonyl (C=O) groups is 1. The molecule has 0 saturated carbocycles. The fraction of sp³-hybridized carbons (Fsp3) is 0.312. The zero-order valence-corrected chi connectivity index (χ0v) is 13.0. The lowest BCUT2D eigenvalue weighted by Crippen LogP contribution is -2.57. The monoisotopic (exact) mass is 314 g/mol. The quantitative estimate of drug-likeness (QED) is 0.884. The molecule has 1 fully saturated rings. The molecule has 2 heterocycles. The number of aromatic nitrogens is 2. The van der Waals surface area contributed by atoms with Gasteiger partial charge in [-0.3, -0.25) is 4.79 Å². The van der Waals surface area contributed by atoms with E-state index in [1.807, 2.05) is 23.1 Å². The first kappa shape index (κ1) is 14.8. The van der Waals surface area contributed by atoms with Crippen LogP contribution in [0.2, 0.25) is 0 Å². The summed E-state index contributed by atoms with van der Waals surface area (Å²) in [7, 11) is 0. The van der Waals surface area contributed by atoms with E-state index in [4.69, 9.17) is 0 Å². The number of nitrogens with zero attached hydrogens (tertiary/aromatic N) is 3. The summed E-state index contributed by atoms with van der Waals surface area (Å²) in [4.78, 5) is 22.2. The summed E-state index contributed by atoms with van der Waals surface area (Å²) in [5.74, 6) is 2.23. The van der Waals surface area contributed by atoms with E-state index in [0.717, 1.165) is 18.8 Å². The summed E-state index contributed by atoms with van der Waals surface area (Å²) in [5, 5.41) is 3.22. The number of hydrogen-bond acceptors (Lipinski definition) is 5. The van der Waals surface area contributed by atoms with E-state index in [-0.39, 0.29) is 11.9 Å². The number of amides is 1. The van der Waals surface area contributed by atoms with Crippen LogP contribution < -0.4 is 5.32 Å². The highest BCUT2D eigenvalue weighted by molar-refractivity contribution is 7.99. The Kier molecular flexibility index (Phi) is 4.90. The second kappa shape index (κ2) is 7.26. The molecule has 22 heavy (non-hydrogen) atoms. The van der Waals surface area contributed by atoms with Crippen molar-refractivity contribution in [3.63, 3.8) is 0 Å². The molecule has 0 bridgehead atoms. The molecule has 1 aliphatic heterocycles. The summed E-state index contributed by atoms with van der Waals surface area (Å²) in [6, 6.07) is 12.3. The van der Waals surface area contributed by atoms with Gasteiger partial charge in [0, 0.05) is 31.2 Å². The fourth-order valence-corrected chi connectivity index (χ4v) is 3.14. The molecule has 1 aromatic heterocycles. The molecule has 0 unspecified atom stereocenters. The topological polar surface area (TPSA) is 58.1 Å². The van der Waals surface area contributed by atoms with Crippen molar-refractivity contribution >= 4 is 23.6 Å². The van der Waals surface area contributed by atoms with Gasteiger partial charge < -0.3 is 10.2 Å². The van der Waals surface area contributed by atoms with Gasteiger partial charge in [-0.15, -0.1) is 11.8 Å². The maximum Gasteiger partial charge on any atom is 0.232 e. The zero-order chi connectivity index (χ0) is 15.2. The molecule has 1 aliphatic rings. The Hall–Kier alpha value is -2.08. The Morgan fingerprint density at radius 2 is 1.91 bits per heavy atom. The van der Waals surface area contributed by atoms with Crippen molar-refractivity contribution in [3.8, 4) is 0 Å². The van der Waals surface area contributed by atoms with Crippen LogP contribution in [-0.2, 0) is 10.5 Å². The molecule has 1 amide bonds. The van der Waals surface area contributed by atoms with Gasteiger partial charge in [-0.25, -0.2) is 9.97 Å². The Bertz CT molecular complexity index is 602. The SMILES string of the molecule is O=C(CSCc1ccccc1)N1CC(Nc2ncccn2)C1. The highest BCUT2D eigenvalue weighted by Gasteiger charge is 2.30. The standard InChI is InChI=1S/C16H18N4OS/c21-15(12-22-11-13-5-2-1-3-6-13)20-9-14(10-20)19-16-17-7-4-8-18-16/h1-8,14H,9-12H2,(H,17,18,19). The van der Waals surface area contributed by atoms with Crippen molar-refractivity contribution in [2.75, 3.05) is 24.2 Å². The first-order valence-corrected chi connectivity index (χ1v) is 8.40. The Morgan fingerprint density at radius 3 is 2.64 bits per heavy atom. The van der Waals surface area contributed by atoms with Crippen molar-refractivity contribution < 1.29 is 4.79 Å². The molecule has 114 valence electrons. The minimum Gasteiger partial charge on any atom is -0.348 e. The number of thioether (sulfide) groups is 1. The largest absolute Gasteiger partial charge is 0.348 e. The third kappa shape index (κ3) is 3.98. The number of nitrogens with one attached hydrogen (secondary N) is 1. The van der Waals surface area contributed by atoms with Gasteiger partial charge >= 0.3 is 0 Å². The molecule has 0 spiro atoms. The zero-order valence-electron chi connectivity index (χ0n) is 12.2. The van der Waals surface area contributed by atoms with Crippen LogP contribution >= 0.6 is 11.8 Å². The summed E-state index contributed by atoms with van der Waals surface area (Å²) >= 11 is 1.66. The molecule has 3 rings (SSSR count). The number of hydrogen-bond donors (Lipinski definition) is 1. The van der Waals surface area contributed by atoms with Crippen LogP contribution in [0.3, 0.4) is 0 Å². The smallest absolute Gasteiger partial charge is 0.232 e. The van der Waals surface area contributed by atoms with E-state index in [9.17, 15) is 4.79 Å². The molecule has 2 aromatic rings. The Labute approximate surface area is 134 Å². The van der Waals surface area contributed by atoms with Gasteiger partial charge in [0.1, 0.15) is 0 Å². The number of benzene rings is 1. The second-order valence-electron chi connectivity index (χ2n) is 5.19. The molecule has 0 atom stereocenters. The van der Waals surface area contributed by atoms with E-state index in [2.05, 4.69) is 27.4 Å². The van der Waals surface area contributed by atoms with Gasteiger partial charge in [0.05, 0.1) is 11.8 Å². The molecule has 1 aromatic carbocycles. The molecule has 5 nitrogen and oxygen atoms in total. The first-order chi connectivity index (χ1) is 10.8. The summed E-state index contributed by atoms with van der Waals surface area (Å²) in [5.41, 5.74) is 1.25. The maximum atomic E-state index is 12.1. The highest BCUT2D eigenvalue weighted by Crippen LogP contribution is 2.16. The van der Waals surface area contributed by atoms with Crippen molar-refractivity contribution in [1.29, 1.82) is 0 Å². The number of likely N-dealkylation sites (tertiary alicyclic amines) is 1. The average Bonchev–Trinajstić information content (AvgIpc) is 2.52. The second-order valence-corrected chi connectivity index (χ2v) is 6.18. The van der Waals surface area contributed by atoms with Crippen molar-refractivity contribution in [2.24, 2.45) is 0 Å². The van der Waals surface area contributed by atoms with E-state index in [1.165, 1.54) is 5.56 Å². The Morgan fingerprint density at radius 1 is 1.18 bits per heavy atom. The molecule has 0 aliphatic carbocycles. The van der Waals surface area contributed by atoms with Crippen molar-refractivity contribution in [3.05, 3.63) is 54.4 Å². The lowest BCUT2D eigenvalue weighted by Gasteiger charge is -2.39. The lowest BCUT2D eigenvalue weighted by molar-refractivity contribution is -0.132. The lowest BCUT2D eigenvalue weighted by atomic mass is 10.1. The summed E-state index contributed by atoms with van der Waals surface area (Å²) in [6.45, 7) is 1.45. The van der Waals surface area contributed by atoms with Crippen LogP contribution in [0.1, 0.15) is 5.56 Å². The minimum absolute atomic E-state index is 0.202. The normalized spacial score (nSPS) is 14.5. The van der Waals surface area contributed by atoms with Crippen LogP contribution in [0.4, 0.5) is 5.95 Å². The van der Waals surface area contributed by atoms with E-state index < -0.39 is 0 Å². The molecular weight excluding hydrogens is 296 g/mol. The Balaban J connectivity index is 1.35. The summed E-state index contributed by atoms with van der Waals surface area (Å²) in [6.07, 6.45) is 3.41. The highest BCUT2D eigenvalue weighted by atomic mass is 32.2. The van der Waals surface area contributed by atoms with E-state index >= 15 is 0 Å². The molecule has 1 N–H and O–H groups in total. The fourth-order valence-electron chi connectivity index (χ4n) is 2.25. The molecular formula is C16H18N4OS. The summed E-state index contributed by atoms with van der Waals surface area (Å²) < 4.78 is 0. The van der Waals surface area contributed by atoms with Crippen LogP contribution in [0.25, 0.3) is 0 Å². The predicted molar refractivity (Wildman–Crippen MR) is 88.6 cm³/mol.